The van der Waals surface area contributed by atoms with Gasteiger partial charge in [0.15, 0.2) is 0 Å². The summed E-state index contributed by atoms with van der Waals surface area (Å²) in [5.74, 6) is 0. The van der Waals surface area contributed by atoms with E-state index in [0.717, 1.165) is 18.7 Å². The smallest absolute Gasteiger partial charge is 0.273 e. The third-order valence-corrected chi connectivity index (χ3v) is 2.55. The first-order valence-corrected chi connectivity index (χ1v) is 4.94. The van der Waals surface area contributed by atoms with Crippen LogP contribution in [0, 0.1) is 10.1 Å². The Balaban J connectivity index is 2.02. The van der Waals surface area contributed by atoms with Gasteiger partial charge in [0.2, 0.25) is 0 Å². The van der Waals surface area contributed by atoms with E-state index in [-0.39, 0.29) is 10.6 Å². The van der Waals surface area contributed by atoms with Crippen molar-refractivity contribution in [1.82, 2.24) is 10.6 Å². The minimum absolute atomic E-state index is 0.192. The van der Waals surface area contributed by atoms with Crippen molar-refractivity contribution in [2.75, 3.05) is 13.1 Å². The number of benzene rings is 1. The molecule has 1 aliphatic heterocycles. The van der Waals surface area contributed by atoms with Crippen molar-refractivity contribution in [1.29, 1.82) is 0 Å². The summed E-state index contributed by atoms with van der Waals surface area (Å²) < 4.78 is 0. The molecule has 0 unspecified atom stereocenters. The second kappa shape index (κ2) is 4.37. The van der Waals surface area contributed by atoms with Gasteiger partial charge in [-0.3, -0.25) is 10.1 Å². The lowest BCUT2D eigenvalue weighted by molar-refractivity contribution is -0.385. The van der Waals surface area contributed by atoms with Crippen LogP contribution in [0.1, 0.15) is 5.56 Å². The predicted molar refractivity (Wildman–Crippen MR) is 56.6 cm³/mol. The molecule has 0 bridgehead atoms. The number of hydrogen-bond donors (Lipinski definition) is 2. The molecule has 0 amide bonds. The molecule has 5 nitrogen and oxygen atoms in total. The van der Waals surface area contributed by atoms with Gasteiger partial charge in [-0.15, -0.1) is 0 Å². The molecular formula is C10H13N3O2. The quantitative estimate of drug-likeness (QED) is 0.562. The molecule has 0 radical (unpaired) electrons. The van der Waals surface area contributed by atoms with Gasteiger partial charge in [-0.05, 0) is 0 Å². The zero-order chi connectivity index (χ0) is 10.7. The van der Waals surface area contributed by atoms with E-state index in [1.165, 1.54) is 6.07 Å². The van der Waals surface area contributed by atoms with Crippen LogP contribution in [0.5, 0.6) is 0 Å². The summed E-state index contributed by atoms with van der Waals surface area (Å²) in [6.45, 7) is 2.45. The zero-order valence-electron chi connectivity index (χ0n) is 8.27. The Kier molecular flexibility index (Phi) is 2.94. The molecule has 1 aliphatic rings. The molecule has 2 N–H and O–H groups in total. The molecule has 5 heteroatoms. The second-order valence-electron chi connectivity index (χ2n) is 3.62. The molecule has 0 aromatic heterocycles. The first-order chi connectivity index (χ1) is 7.27. The lowest BCUT2D eigenvalue weighted by Gasteiger charge is -2.28. The third-order valence-electron chi connectivity index (χ3n) is 2.55. The van der Waals surface area contributed by atoms with Gasteiger partial charge in [-0.1, -0.05) is 18.2 Å². The standard InChI is InChI=1S/C10H13N3O2/c14-13(15)10-4-2-1-3-8(10)5-12-9-6-11-7-9/h1-4,9,11-12H,5-7H2. The van der Waals surface area contributed by atoms with Crippen molar-refractivity contribution in [3.05, 3.63) is 39.9 Å². The zero-order valence-corrected chi connectivity index (χ0v) is 8.27. The Morgan fingerprint density at radius 1 is 1.47 bits per heavy atom. The Morgan fingerprint density at radius 3 is 2.80 bits per heavy atom. The fourth-order valence-electron chi connectivity index (χ4n) is 1.53. The second-order valence-corrected chi connectivity index (χ2v) is 3.62. The van der Waals surface area contributed by atoms with Crippen molar-refractivity contribution < 1.29 is 4.92 Å². The van der Waals surface area contributed by atoms with E-state index < -0.39 is 0 Å². The number of rotatable bonds is 4. The van der Waals surface area contributed by atoms with Crippen LogP contribution in [-0.4, -0.2) is 24.1 Å². The number of nitro benzene ring substituents is 1. The summed E-state index contributed by atoms with van der Waals surface area (Å²) in [6, 6.07) is 7.29. The summed E-state index contributed by atoms with van der Waals surface area (Å²) in [4.78, 5) is 10.4. The van der Waals surface area contributed by atoms with E-state index in [0.29, 0.717) is 12.6 Å². The normalized spacial score (nSPS) is 16.0. The van der Waals surface area contributed by atoms with Gasteiger partial charge < -0.3 is 10.6 Å². The summed E-state index contributed by atoms with van der Waals surface area (Å²) in [5, 5.41) is 17.1. The Labute approximate surface area is 87.6 Å². The number of nitro groups is 1. The maximum absolute atomic E-state index is 10.7. The van der Waals surface area contributed by atoms with E-state index in [4.69, 9.17) is 0 Å². The van der Waals surface area contributed by atoms with Crippen molar-refractivity contribution in [3.63, 3.8) is 0 Å². The minimum Gasteiger partial charge on any atom is -0.314 e. The number of nitrogens with one attached hydrogen (secondary N) is 2. The van der Waals surface area contributed by atoms with Crippen molar-refractivity contribution >= 4 is 5.69 Å². The molecule has 0 saturated carbocycles. The highest BCUT2D eigenvalue weighted by atomic mass is 16.6. The Hall–Kier alpha value is -1.46. The molecule has 1 aromatic carbocycles. The van der Waals surface area contributed by atoms with Gasteiger partial charge in [-0.25, -0.2) is 0 Å². The summed E-state index contributed by atoms with van der Waals surface area (Å²) >= 11 is 0. The minimum atomic E-state index is -0.337. The summed E-state index contributed by atoms with van der Waals surface area (Å²) in [7, 11) is 0. The maximum atomic E-state index is 10.7. The monoisotopic (exact) mass is 207 g/mol. The van der Waals surface area contributed by atoms with Crippen molar-refractivity contribution in [2.24, 2.45) is 0 Å². The first-order valence-electron chi connectivity index (χ1n) is 4.94. The molecule has 1 saturated heterocycles. The molecule has 80 valence electrons. The third kappa shape index (κ3) is 2.31. The topological polar surface area (TPSA) is 67.2 Å². The van der Waals surface area contributed by atoms with Crippen LogP contribution in [0.3, 0.4) is 0 Å². The molecule has 0 atom stereocenters. The van der Waals surface area contributed by atoms with Crippen LogP contribution in [0.15, 0.2) is 24.3 Å². The SMILES string of the molecule is O=[N+]([O-])c1ccccc1CNC1CNC1. The molecule has 1 aromatic rings. The van der Waals surface area contributed by atoms with E-state index in [1.807, 2.05) is 6.07 Å². The van der Waals surface area contributed by atoms with E-state index in [1.54, 1.807) is 12.1 Å². The van der Waals surface area contributed by atoms with E-state index in [2.05, 4.69) is 10.6 Å². The van der Waals surface area contributed by atoms with Crippen LogP contribution in [0.4, 0.5) is 5.69 Å². The van der Waals surface area contributed by atoms with Gasteiger partial charge in [0.25, 0.3) is 5.69 Å². The highest BCUT2D eigenvalue weighted by Gasteiger charge is 2.18. The van der Waals surface area contributed by atoms with Crippen LogP contribution in [0.25, 0.3) is 0 Å². The number of nitrogens with zero attached hydrogens (tertiary/aromatic N) is 1. The van der Waals surface area contributed by atoms with Gasteiger partial charge in [-0.2, -0.15) is 0 Å². The van der Waals surface area contributed by atoms with Crippen LogP contribution in [0.2, 0.25) is 0 Å². The van der Waals surface area contributed by atoms with Crippen LogP contribution in [-0.2, 0) is 6.54 Å². The summed E-state index contributed by atoms with van der Waals surface area (Å²) in [6.07, 6.45) is 0. The van der Waals surface area contributed by atoms with Gasteiger partial charge in [0.1, 0.15) is 0 Å². The average molecular weight is 207 g/mol. The lowest BCUT2D eigenvalue weighted by Crippen LogP contribution is -2.55. The molecule has 0 spiro atoms. The fraction of sp³-hybridized carbons (Fsp3) is 0.400. The molecule has 15 heavy (non-hydrogen) atoms. The number of para-hydroxylation sites is 1. The highest BCUT2D eigenvalue weighted by Crippen LogP contribution is 2.17. The van der Waals surface area contributed by atoms with Gasteiger partial charge >= 0.3 is 0 Å². The van der Waals surface area contributed by atoms with Crippen LogP contribution < -0.4 is 10.6 Å². The highest BCUT2D eigenvalue weighted by molar-refractivity contribution is 5.39. The van der Waals surface area contributed by atoms with Gasteiger partial charge in [0, 0.05) is 37.3 Å². The van der Waals surface area contributed by atoms with Crippen molar-refractivity contribution in [2.45, 2.75) is 12.6 Å². The molecule has 1 heterocycles. The lowest BCUT2D eigenvalue weighted by atomic mass is 10.1. The fourth-order valence-corrected chi connectivity index (χ4v) is 1.53. The number of hydrogen-bond acceptors (Lipinski definition) is 4. The predicted octanol–water partition coefficient (Wildman–Crippen LogP) is 0.656. The van der Waals surface area contributed by atoms with Crippen LogP contribution >= 0.6 is 0 Å². The molecule has 2 rings (SSSR count). The van der Waals surface area contributed by atoms with Crippen molar-refractivity contribution in [3.8, 4) is 0 Å². The molecule has 0 aliphatic carbocycles. The van der Waals surface area contributed by atoms with E-state index >= 15 is 0 Å². The largest absolute Gasteiger partial charge is 0.314 e. The molecule has 1 fully saturated rings. The van der Waals surface area contributed by atoms with Gasteiger partial charge in [0.05, 0.1) is 4.92 Å². The Bertz CT molecular complexity index is 363. The Morgan fingerprint density at radius 2 is 2.20 bits per heavy atom. The van der Waals surface area contributed by atoms with E-state index in [9.17, 15) is 10.1 Å². The maximum Gasteiger partial charge on any atom is 0.273 e. The average Bonchev–Trinajstić information content (AvgIpc) is 2.16. The molecular weight excluding hydrogens is 194 g/mol. The first kappa shape index (κ1) is 10.1. The summed E-state index contributed by atoms with van der Waals surface area (Å²) in [5.41, 5.74) is 0.937.